The van der Waals surface area contributed by atoms with Gasteiger partial charge in [-0.05, 0) is 43.9 Å². The van der Waals surface area contributed by atoms with Gasteiger partial charge in [0, 0.05) is 82.1 Å². The molecular weight excluding hydrogens is 572 g/mol. The third-order valence-electron chi connectivity index (χ3n) is 13.1. The standard InChI is InChI=1S/C32H44N2O10/c1-6-33-15-29(16-44-27(35)17-7-9-18(10-8-17)34(38)39)12-11-22(41-3)31-20-13-19-21(40-2)14-30(36,23(20)24(19)42-4)32(37,28(31)33)26(43-5)25(29)31/h7-10,19-26,28,36-37H,6,11-16H2,1-5H3/t19-,20-,21+,22+,23-,24+,25-,26+,28?,29+,30-,31+,32-/m1/s1. The SMILES string of the molecule is CCN1C[C@]2(COC(=O)c3ccc([N+](=O)[O-])cc3)CC[C@H](OC)[C@]34C1[C@](O)([C@@H](OC)[C@H]23)[C@@]1(O)C[C@H](OC)[C@H]2C[C@@H]4[C@@H]1[C@H]2OC. The highest BCUT2D eigenvalue weighted by Gasteiger charge is 2.91. The van der Waals surface area contributed by atoms with Crippen LogP contribution in [-0.4, -0.2) is 116 Å². The first-order chi connectivity index (χ1) is 21.0. The zero-order valence-corrected chi connectivity index (χ0v) is 26.0. The lowest BCUT2D eigenvalue weighted by Gasteiger charge is -2.70. The summed E-state index contributed by atoms with van der Waals surface area (Å²) in [5, 5.41) is 37.4. The lowest BCUT2D eigenvalue weighted by Crippen LogP contribution is -2.82. The predicted molar refractivity (Wildman–Crippen MR) is 155 cm³/mol. The van der Waals surface area contributed by atoms with Crippen LogP contribution in [0.3, 0.4) is 0 Å². The van der Waals surface area contributed by atoms with Crippen LogP contribution in [-0.2, 0) is 23.7 Å². The number of ether oxygens (including phenoxy) is 5. The summed E-state index contributed by atoms with van der Waals surface area (Å²) in [5.74, 6) is -1.18. The molecule has 0 amide bonds. The van der Waals surface area contributed by atoms with Gasteiger partial charge in [0.1, 0.15) is 11.2 Å². The number of methoxy groups -OCH3 is 4. The van der Waals surface area contributed by atoms with E-state index in [1.54, 1.807) is 28.4 Å². The molecule has 1 aromatic rings. The van der Waals surface area contributed by atoms with Crippen LogP contribution in [0.1, 0.15) is 43.0 Å². The second-order valence-corrected chi connectivity index (χ2v) is 14.1. The fraction of sp³-hybridized carbons (Fsp3) is 0.781. The quantitative estimate of drug-likeness (QED) is 0.238. The summed E-state index contributed by atoms with van der Waals surface area (Å²) in [7, 11) is 6.68. The summed E-state index contributed by atoms with van der Waals surface area (Å²) in [5.41, 5.74) is -4.29. The molecule has 13 atom stereocenters. The summed E-state index contributed by atoms with van der Waals surface area (Å²) in [6.07, 6.45) is 0.870. The van der Waals surface area contributed by atoms with E-state index in [2.05, 4.69) is 11.8 Å². The number of fused-ring (bicyclic) bond motifs is 2. The molecule has 12 nitrogen and oxygen atoms in total. The Morgan fingerprint density at radius 1 is 1.09 bits per heavy atom. The van der Waals surface area contributed by atoms with Crippen LogP contribution in [0.2, 0.25) is 0 Å². The molecule has 6 aliphatic rings. The zero-order valence-electron chi connectivity index (χ0n) is 26.0. The Balaban J connectivity index is 1.36. The number of aliphatic hydroxyl groups is 2. The van der Waals surface area contributed by atoms with Crippen molar-refractivity contribution in [3.63, 3.8) is 0 Å². The number of hydrogen-bond donors (Lipinski definition) is 2. The van der Waals surface area contributed by atoms with Gasteiger partial charge in [-0.3, -0.25) is 15.0 Å². The number of likely N-dealkylation sites (tertiary alicyclic amines) is 1. The van der Waals surface area contributed by atoms with Crippen LogP contribution in [0.25, 0.3) is 0 Å². The van der Waals surface area contributed by atoms with Crippen molar-refractivity contribution in [3.8, 4) is 0 Å². The Morgan fingerprint density at radius 2 is 1.82 bits per heavy atom. The average Bonchev–Trinajstić information content (AvgIpc) is 3.44. The van der Waals surface area contributed by atoms with E-state index in [-0.39, 0.29) is 66.3 Å². The van der Waals surface area contributed by atoms with Gasteiger partial charge >= 0.3 is 5.97 Å². The molecular formula is C32H44N2O10. The summed E-state index contributed by atoms with van der Waals surface area (Å²) < 4.78 is 30.9. The third kappa shape index (κ3) is 3.40. The first-order valence-corrected chi connectivity index (χ1v) is 15.8. The number of nitro groups is 1. The molecule has 44 heavy (non-hydrogen) atoms. The molecule has 1 aromatic carbocycles. The summed E-state index contributed by atoms with van der Waals surface area (Å²) in [4.78, 5) is 26.3. The van der Waals surface area contributed by atoms with Crippen molar-refractivity contribution >= 4 is 11.7 Å². The topological polar surface area (TPSA) is 150 Å². The monoisotopic (exact) mass is 616 g/mol. The van der Waals surface area contributed by atoms with Gasteiger partial charge in [-0.1, -0.05) is 6.92 Å². The van der Waals surface area contributed by atoms with Crippen molar-refractivity contribution in [1.29, 1.82) is 0 Å². The number of piperidine rings is 1. The number of nitro benzene ring substituents is 1. The highest BCUT2D eigenvalue weighted by molar-refractivity contribution is 5.89. The maximum Gasteiger partial charge on any atom is 0.338 e. The number of nitrogens with zero attached hydrogens (tertiary/aromatic N) is 2. The predicted octanol–water partition coefficient (Wildman–Crippen LogP) is 2.04. The molecule has 5 aliphatic carbocycles. The summed E-state index contributed by atoms with van der Waals surface area (Å²) >= 11 is 0. The first-order valence-electron chi connectivity index (χ1n) is 15.8. The molecule has 7 rings (SSSR count). The van der Waals surface area contributed by atoms with E-state index in [1.165, 1.54) is 24.3 Å². The molecule has 1 aliphatic heterocycles. The van der Waals surface area contributed by atoms with Gasteiger partial charge in [-0.15, -0.1) is 0 Å². The lowest BCUT2D eigenvalue weighted by atomic mass is 9.42. The highest BCUT2D eigenvalue weighted by Crippen LogP contribution is 2.80. The lowest BCUT2D eigenvalue weighted by molar-refractivity contribution is -0.384. The molecule has 1 unspecified atom stereocenters. The summed E-state index contributed by atoms with van der Waals surface area (Å²) in [6, 6.07) is 4.96. The van der Waals surface area contributed by atoms with E-state index in [0.717, 1.165) is 6.42 Å². The van der Waals surface area contributed by atoms with Crippen molar-refractivity contribution in [1.82, 2.24) is 4.90 Å². The molecule has 5 saturated carbocycles. The van der Waals surface area contributed by atoms with Crippen molar-refractivity contribution in [2.24, 2.45) is 34.5 Å². The number of carbonyl (C=O) groups excluding carboxylic acids is 1. The van der Waals surface area contributed by atoms with Gasteiger partial charge in [-0.25, -0.2) is 4.79 Å². The van der Waals surface area contributed by atoms with Gasteiger partial charge in [0.2, 0.25) is 0 Å². The normalized spacial score (nSPS) is 48.3. The highest BCUT2D eigenvalue weighted by atomic mass is 16.6. The number of carbonyl (C=O) groups is 1. The van der Waals surface area contributed by atoms with Gasteiger partial charge < -0.3 is 33.9 Å². The van der Waals surface area contributed by atoms with Gasteiger partial charge in [0.25, 0.3) is 5.69 Å². The fourth-order valence-corrected chi connectivity index (χ4v) is 12.0. The van der Waals surface area contributed by atoms with Crippen LogP contribution in [0, 0.1) is 44.6 Å². The fourth-order valence-electron chi connectivity index (χ4n) is 12.0. The number of benzene rings is 1. The number of esters is 1. The van der Waals surface area contributed by atoms with Crippen molar-refractivity contribution < 1.29 is 43.6 Å². The minimum absolute atomic E-state index is 0.0534. The third-order valence-corrected chi connectivity index (χ3v) is 13.1. The molecule has 1 saturated heterocycles. The second-order valence-electron chi connectivity index (χ2n) is 14.1. The first kappa shape index (κ1) is 30.5. The molecule has 0 radical (unpaired) electrons. The van der Waals surface area contributed by atoms with Crippen LogP contribution in [0.4, 0.5) is 5.69 Å². The molecule has 242 valence electrons. The largest absolute Gasteiger partial charge is 0.461 e. The molecule has 2 N–H and O–H groups in total. The minimum atomic E-state index is -1.67. The zero-order chi connectivity index (χ0) is 31.4. The Hall–Kier alpha value is -2.19. The maximum atomic E-state index is 13.4. The van der Waals surface area contributed by atoms with Gasteiger partial charge in [0.05, 0.1) is 47.6 Å². The number of rotatable bonds is 9. The van der Waals surface area contributed by atoms with Gasteiger partial charge in [-0.2, -0.15) is 0 Å². The van der Waals surface area contributed by atoms with Crippen molar-refractivity contribution in [3.05, 3.63) is 39.9 Å². The minimum Gasteiger partial charge on any atom is -0.461 e. The Kier molecular flexibility index (Phi) is 7.03. The summed E-state index contributed by atoms with van der Waals surface area (Å²) in [6.45, 7) is 3.32. The Labute approximate surface area is 257 Å². The van der Waals surface area contributed by atoms with E-state index >= 15 is 0 Å². The average molecular weight is 617 g/mol. The van der Waals surface area contributed by atoms with Crippen molar-refractivity contribution in [2.75, 3.05) is 48.1 Å². The molecule has 6 fully saturated rings. The van der Waals surface area contributed by atoms with E-state index in [0.29, 0.717) is 25.9 Å². The van der Waals surface area contributed by atoms with Crippen LogP contribution in [0.15, 0.2) is 24.3 Å². The van der Waals surface area contributed by atoms with Crippen molar-refractivity contribution in [2.45, 2.75) is 74.3 Å². The number of non-ortho nitro benzene ring substituents is 1. The van der Waals surface area contributed by atoms with E-state index in [1.807, 2.05) is 0 Å². The smallest absolute Gasteiger partial charge is 0.338 e. The molecule has 7 bridgehead atoms. The molecule has 1 heterocycles. The number of likely N-dealkylation sites (N-methyl/N-ethyl adjacent to an activating group) is 1. The van der Waals surface area contributed by atoms with Crippen LogP contribution in [0.5, 0.6) is 0 Å². The second kappa shape index (κ2) is 10.2. The Morgan fingerprint density at radius 3 is 2.41 bits per heavy atom. The van der Waals surface area contributed by atoms with Crippen LogP contribution < -0.4 is 0 Å². The Bertz CT molecular complexity index is 1330. The molecule has 1 spiro atoms. The molecule has 12 heteroatoms. The van der Waals surface area contributed by atoms with E-state index in [4.69, 9.17) is 23.7 Å². The van der Waals surface area contributed by atoms with Gasteiger partial charge in [0.15, 0.2) is 0 Å². The maximum absolute atomic E-state index is 13.4. The van der Waals surface area contributed by atoms with E-state index in [9.17, 15) is 25.1 Å². The number of hydrogen-bond acceptors (Lipinski definition) is 11. The van der Waals surface area contributed by atoms with E-state index < -0.39 is 45.1 Å². The van der Waals surface area contributed by atoms with Crippen LogP contribution >= 0.6 is 0 Å². The molecule has 0 aromatic heterocycles.